The van der Waals surface area contributed by atoms with E-state index in [9.17, 15) is 9.90 Å². The predicted octanol–water partition coefficient (Wildman–Crippen LogP) is 3.20. The van der Waals surface area contributed by atoms with Gasteiger partial charge in [0.05, 0.1) is 17.9 Å². The van der Waals surface area contributed by atoms with Gasteiger partial charge in [-0.2, -0.15) is 5.26 Å². The maximum absolute atomic E-state index is 12.6. The third-order valence-electron chi connectivity index (χ3n) is 4.78. The number of nitrogens with zero attached hydrogens (tertiary/aromatic N) is 2. The molecule has 2 aromatic rings. The fourth-order valence-corrected chi connectivity index (χ4v) is 3.40. The van der Waals surface area contributed by atoms with Gasteiger partial charge >= 0.3 is 0 Å². The summed E-state index contributed by atoms with van der Waals surface area (Å²) in [5.41, 5.74) is 1.68. The van der Waals surface area contributed by atoms with E-state index in [1.165, 1.54) is 0 Å². The highest BCUT2D eigenvalue weighted by atomic mass is 16.4. The van der Waals surface area contributed by atoms with Crippen LogP contribution in [-0.4, -0.2) is 28.5 Å². The number of hydrogen-bond acceptors (Lipinski definition) is 4. The van der Waals surface area contributed by atoms with E-state index in [-0.39, 0.29) is 11.9 Å². The average Bonchev–Trinajstić information content (AvgIpc) is 3.32. The third kappa shape index (κ3) is 4.28. The monoisotopic (exact) mass is 338 g/mol. The van der Waals surface area contributed by atoms with Crippen LogP contribution in [0.1, 0.15) is 48.7 Å². The van der Waals surface area contributed by atoms with Gasteiger partial charge in [0.25, 0.3) is 0 Å². The Morgan fingerprint density at radius 1 is 1.36 bits per heavy atom. The fourth-order valence-electron chi connectivity index (χ4n) is 3.40. The van der Waals surface area contributed by atoms with Crippen molar-refractivity contribution in [3.63, 3.8) is 0 Å². The van der Waals surface area contributed by atoms with Crippen molar-refractivity contribution in [2.45, 2.75) is 44.2 Å². The lowest BCUT2D eigenvalue weighted by molar-refractivity contribution is -0.132. The van der Waals surface area contributed by atoms with E-state index in [0.29, 0.717) is 30.6 Å². The number of hydrogen-bond donors (Lipinski definition) is 1. The van der Waals surface area contributed by atoms with E-state index in [0.717, 1.165) is 24.9 Å². The molecule has 1 amide bonds. The van der Waals surface area contributed by atoms with Crippen molar-refractivity contribution in [3.05, 3.63) is 59.5 Å². The van der Waals surface area contributed by atoms with Crippen LogP contribution in [0.4, 0.5) is 0 Å². The van der Waals surface area contributed by atoms with Crippen molar-refractivity contribution in [2.75, 3.05) is 6.54 Å². The number of amides is 1. The molecule has 2 heterocycles. The number of rotatable bonds is 6. The van der Waals surface area contributed by atoms with Gasteiger partial charge in [-0.3, -0.25) is 4.79 Å². The second-order valence-corrected chi connectivity index (χ2v) is 6.46. The summed E-state index contributed by atoms with van der Waals surface area (Å²) in [6.07, 6.45) is 4.38. The first-order chi connectivity index (χ1) is 12.2. The lowest BCUT2D eigenvalue weighted by atomic mass is 10.0. The third-order valence-corrected chi connectivity index (χ3v) is 4.78. The molecule has 0 spiro atoms. The van der Waals surface area contributed by atoms with Crippen molar-refractivity contribution >= 4 is 5.91 Å². The molecule has 130 valence electrons. The predicted molar refractivity (Wildman–Crippen MR) is 92.5 cm³/mol. The Morgan fingerprint density at radius 3 is 2.84 bits per heavy atom. The Balaban J connectivity index is 1.54. The van der Waals surface area contributed by atoms with Crippen LogP contribution >= 0.6 is 0 Å². The number of likely N-dealkylation sites (tertiary alicyclic amines) is 1. The Morgan fingerprint density at radius 2 is 2.16 bits per heavy atom. The molecule has 1 aliphatic heterocycles. The van der Waals surface area contributed by atoms with Crippen LogP contribution in [0.3, 0.4) is 0 Å². The lowest BCUT2D eigenvalue weighted by Crippen LogP contribution is -2.36. The molecule has 0 radical (unpaired) electrons. The molecule has 1 aromatic carbocycles. The number of benzene rings is 1. The van der Waals surface area contributed by atoms with Gasteiger partial charge in [0.1, 0.15) is 11.9 Å². The van der Waals surface area contributed by atoms with Gasteiger partial charge in [-0.25, -0.2) is 0 Å². The van der Waals surface area contributed by atoms with Gasteiger partial charge in [-0.15, -0.1) is 0 Å². The molecule has 0 aliphatic carbocycles. The molecule has 1 aromatic heterocycles. The van der Waals surface area contributed by atoms with E-state index < -0.39 is 6.10 Å². The summed E-state index contributed by atoms with van der Waals surface area (Å²) >= 11 is 0. The smallest absolute Gasteiger partial charge is 0.223 e. The second kappa shape index (κ2) is 8.00. The minimum absolute atomic E-state index is 0.0635. The standard InChI is InChI=1S/C20H22N2O3/c21-14-16-7-5-15(6-8-16)9-10-20(24)22-11-1-3-17(22)13-18(23)19-4-2-12-25-19/h2,4-8,12,17-18,23H,1,3,9-11,13H2. The number of aliphatic hydroxyl groups excluding tert-OH is 1. The van der Waals surface area contributed by atoms with E-state index in [1.807, 2.05) is 17.0 Å². The molecule has 1 fully saturated rings. The fraction of sp³-hybridized carbons (Fsp3) is 0.400. The molecule has 0 saturated carbocycles. The van der Waals surface area contributed by atoms with Gasteiger partial charge in [0.15, 0.2) is 0 Å². The molecule has 25 heavy (non-hydrogen) atoms. The molecule has 1 aliphatic rings. The highest BCUT2D eigenvalue weighted by Crippen LogP contribution is 2.28. The maximum Gasteiger partial charge on any atom is 0.223 e. The van der Waals surface area contributed by atoms with Crippen molar-refractivity contribution in [3.8, 4) is 6.07 Å². The van der Waals surface area contributed by atoms with Gasteiger partial charge in [0.2, 0.25) is 5.91 Å². The SMILES string of the molecule is N#Cc1ccc(CCC(=O)N2CCCC2CC(O)c2ccco2)cc1. The van der Waals surface area contributed by atoms with E-state index in [2.05, 4.69) is 6.07 Å². The molecule has 2 atom stereocenters. The molecule has 1 N–H and O–H groups in total. The number of furan rings is 1. The van der Waals surface area contributed by atoms with Crippen molar-refractivity contribution in [1.82, 2.24) is 4.90 Å². The molecule has 2 unspecified atom stereocenters. The normalized spacial score (nSPS) is 18.1. The molecular weight excluding hydrogens is 316 g/mol. The van der Waals surface area contributed by atoms with Crippen LogP contribution in [0.2, 0.25) is 0 Å². The highest BCUT2D eigenvalue weighted by molar-refractivity contribution is 5.77. The first-order valence-electron chi connectivity index (χ1n) is 8.67. The Kier molecular flexibility index (Phi) is 5.52. The maximum atomic E-state index is 12.6. The summed E-state index contributed by atoms with van der Waals surface area (Å²) in [6, 6.07) is 13.0. The number of aliphatic hydroxyl groups is 1. The van der Waals surface area contributed by atoms with E-state index in [4.69, 9.17) is 9.68 Å². The Hall–Kier alpha value is -2.58. The molecule has 1 saturated heterocycles. The largest absolute Gasteiger partial charge is 0.467 e. The minimum atomic E-state index is -0.674. The van der Waals surface area contributed by atoms with Crippen LogP contribution in [0.25, 0.3) is 0 Å². The summed E-state index contributed by atoms with van der Waals surface area (Å²) in [7, 11) is 0. The van der Waals surface area contributed by atoms with Crippen LogP contribution in [0.15, 0.2) is 47.1 Å². The lowest BCUT2D eigenvalue weighted by Gasteiger charge is -2.26. The molecule has 3 rings (SSSR count). The zero-order valence-corrected chi connectivity index (χ0v) is 14.1. The highest BCUT2D eigenvalue weighted by Gasteiger charge is 2.30. The van der Waals surface area contributed by atoms with Crippen LogP contribution in [0.5, 0.6) is 0 Å². The first-order valence-corrected chi connectivity index (χ1v) is 8.67. The summed E-state index contributed by atoms with van der Waals surface area (Å²) in [5, 5.41) is 19.1. The number of carbonyl (C=O) groups is 1. The molecule has 5 heteroatoms. The van der Waals surface area contributed by atoms with Gasteiger partial charge in [0, 0.05) is 25.4 Å². The Labute approximate surface area is 147 Å². The van der Waals surface area contributed by atoms with E-state index >= 15 is 0 Å². The summed E-state index contributed by atoms with van der Waals surface area (Å²) < 4.78 is 5.25. The summed E-state index contributed by atoms with van der Waals surface area (Å²) in [5.74, 6) is 0.676. The van der Waals surface area contributed by atoms with Crippen LogP contribution in [0, 0.1) is 11.3 Å². The molecule has 5 nitrogen and oxygen atoms in total. The molecule has 0 bridgehead atoms. The van der Waals surface area contributed by atoms with Gasteiger partial charge in [-0.1, -0.05) is 12.1 Å². The van der Waals surface area contributed by atoms with Crippen molar-refractivity contribution < 1.29 is 14.3 Å². The van der Waals surface area contributed by atoms with Gasteiger partial charge in [-0.05, 0) is 49.1 Å². The van der Waals surface area contributed by atoms with Crippen molar-refractivity contribution in [2.24, 2.45) is 0 Å². The molecular formula is C20H22N2O3. The number of nitriles is 1. The first kappa shape index (κ1) is 17.2. The van der Waals surface area contributed by atoms with Crippen LogP contribution in [-0.2, 0) is 11.2 Å². The Bertz CT molecular complexity index is 731. The van der Waals surface area contributed by atoms with Crippen molar-refractivity contribution in [1.29, 1.82) is 5.26 Å². The number of aryl methyl sites for hydroxylation is 1. The summed E-state index contributed by atoms with van der Waals surface area (Å²) in [4.78, 5) is 14.5. The second-order valence-electron chi connectivity index (χ2n) is 6.46. The van der Waals surface area contributed by atoms with Gasteiger partial charge < -0.3 is 14.4 Å². The van der Waals surface area contributed by atoms with Crippen LogP contribution < -0.4 is 0 Å². The quantitative estimate of drug-likeness (QED) is 0.877. The average molecular weight is 338 g/mol. The minimum Gasteiger partial charge on any atom is -0.467 e. The zero-order chi connectivity index (χ0) is 17.6. The zero-order valence-electron chi connectivity index (χ0n) is 14.1. The van der Waals surface area contributed by atoms with E-state index in [1.54, 1.807) is 30.5 Å². The number of carbonyl (C=O) groups excluding carboxylic acids is 1. The summed E-state index contributed by atoms with van der Waals surface area (Å²) in [6.45, 7) is 0.752. The topological polar surface area (TPSA) is 77.5 Å².